The molecule has 2 aromatic carbocycles. The number of benzene rings is 2. The molecular weight excluding hydrogens is 500 g/mol. The molecule has 0 bridgehead atoms. The van der Waals surface area contributed by atoms with E-state index in [0.29, 0.717) is 68.6 Å². The molecule has 5 rings (SSSR count). The van der Waals surface area contributed by atoms with Crippen LogP contribution in [-0.2, 0) is 20.7 Å². The van der Waals surface area contributed by atoms with E-state index in [1.165, 1.54) is 0 Å². The standard InChI is InChI=1S/C30H36N2O7/c1-4-37-24-9-6-20(18-25(24)38-5-2)27-26(28(33)21-7-8-23-22(17-21)16-19(3)39-23)29(34)30(35)32(27)11-10-31-12-14-36-15-13-31/h6-9,17-19,27,33H,4-5,10-16H2,1-3H3/b28-26+/t19-,27-/m0/s1. The molecule has 2 aromatic rings. The first-order valence-corrected chi connectivity index (χ1v) is 13.7. The second-order valence-electron chi connectivity index (χ2n) is 9.97. The molecule has 2 saturated heterocycles. The summed E-state index contributed by atoms with van der Waals surface area (Å²) in [6, 6.07) is 10.0. The Morgan fingerprint density at radius 3 is 2.49 bits per heavy atom. The summed E-state index contributed by atoms with van der Waals surface area (Å²) in [5.41, 5.74) is 2.19. The number of hydrogen-bond donors (Lipinski definition) is 1. The first-order chi connectivity index (χ1) is 18.9. The fourth-order valence-electron chi connectivity index (χ4n) is 5.49. The fraction of sp³-hybridized carbons (Fsp3) is 0.467. The number of fused-ring (bicyclic) bond motifs is 1. The molecule has 3 aliphatic heterocycles. The zero-order valence-corrected chi connectivity index (χ0v) is 22.8. The molecule has 2 atom stereocenters. The topological polar surface area (TPSA) is 97.8 Å². The number of ketones is 1. The Balaban J connectivity index is 1.57. The van der Waals surface area contributed by atoms with E-state index in [0.717, 1.165) is 24.4 Å². The summed E-state index contributed by atoms with van der Waals surface area (Å²) in [7, 11) is 0. The second kappa shape index (κ2) is 11.7. The van der Waals surface area contributed by atoms with Crippen LogP contribution in [0.5, 0.6) is 17.2 Å². The Morgan fingerprint density at radius 2 is 1.74 bits per heavy atom. The van der Waals surface area contributed by atoms with Gasteiger partial charge in [0.1, 0.15) is 17.6 Å². The third-order valence-corrected chi connectivity index (χ3v) is 7.35. The molecule has 0 aromatic heterocycles. The third-order valence-electron chi connectivity index (χ3n) is 7.35. The Kier molecular flexibility index (Phi) is 8.09. The van der Waals surface area contributed by atoms with Crippen LogP contribution in [0.2, 0.25) is 0 Å². The number of Topliss-reactive ketones (excluding diaryl/α,β-unsaturated/α-hetero) is 1. The van der Waals surface area contributed by atoms with Gasteiger partial charge in [0.25, 0.3) is 11.7 Å². The van der Waals surface area contributed by atoms with Crippen molar-refractivity contribution in [3.63, 3.8) is 0 Å². The van der Waals surface area contributed by atoms with Gasteiger partial charge in [-0.15, -0.1) is 0 Å². The van der Waals surface area contributed by atoms with E-state index >= 15 is 0 Å². The largest absolute Gasteiger partial charge is 0.507 e. The number of aliphatic hydroxyl groups is 1. The van der Waals surface area contributed by atoms with Crippen molar-refractivity contribution in [2.75, 3.05) is 52.6 Å². The van der Waals surface area contributed by atoms with Gasteiger partial charge in [0, 0.05) is 38.2 Å². The zero-order valence-electron chi connectivity index (χ0n) is 22.8. The number of morpholine rings is 1. The Hall–Kier alpha value is -3.56. The van der Waals surface area contributed by atoms with Crippen molar-refractivity contribution >= 4 is 17.4 Å². The lowest BCUT2D eigenvalue weighted by Gasteiger charge is -2.31. The monoisotopic (exact) mass is 536 g/mol. The summed E-state index contributed by atoms with van der Waals surface area (Å²) in [5, 5.41) is 11.5. The summed E-state index contributed by atoms with van der Waals surface area (Å²) >= 11 is 0. The van der Waals surface area contributed by atoms with Crippen LogP contribution in [0, 0.1) is 0 Å². The van der Waals surface area contributed by atoms with E-state index in [2.05, 4.69) is 4.90 Å². The van der Waals surface area contributed by atoms with Crippen LogP contribution in [-0.4, -0.2) is 85.3 Å². The number of likely N-dealkylation sites (tertiary alicyclic amines) is 1. The van der Waals surface area contributed by atoms with E-state index in [1.54, 1.807) is 23.1 Å². The van der Waals surface area contributed by atoms with Crippen molar-refractivity contribution in [3.8, 4) is 17.2 Å². The molecular formula is C30H36N2O7. The average molecular weight is 537 g/mol. The molecule has 208 valence electrons. The number of hydrogen-bond acceptors (Lipinski definition) is 8. The van der Waals surface area contributed by atoms with Gasteiger partial charge in [-0.05, 0) is 62.2 Å². The van der Waals surface area contributed by atoms with Crippen LogP contribution in [0.25, 0.3) is 5.76 Å². The van der Waals surface area contributed by atoms with Crippen LogP contribution in [0.15, 0.2) is 42.0 Å². The lowest BCUT2D eigenvalue weighted by molar-refractivity contribution is -0.140. The van der Waals surface area contributed by atoms with Crippen molar-refractivity contribution < 1.29 is 33.6 Å². The number of rotatable bonds is 9. The molecule has 0 saturated carbocycles. The van der Waals surface area contributed by atoms with Crippen molar-refractivity contribution in [3.05, 3.63) is 58.7 Å². The summed E-state index contributed by atoms with van der Waals surface area (Å²) in [5.74, 6) is 0.368. The van der Waals surface area contributed by atoms with Crippen molar-refractivity contribution in [1.82, 2.24) is 9.80 Å². The van der Waals surface area contributed by atoms with Crippen LogP contribution in [0.3, 0.4) is 0 Å². The number of ether oxygens (including phenoxy) is 4. The fourth-order valence-corrected chi connectivity index (χ4v) is 5.49. The molecule has 1 amide bonds. The van der Waals surface area contributed by atoms with Crippen molar-refractivity contribution in [2.45, 2.75) is 39.3 Å². The van der Waals surface area contributed by atoms with Crippen LogP contribution in [0.4, 0.5) is 0 Å². The average Bonchev–Trinajstić information content (AvgIpc) is 3.44. The molecule has 9 nitrogen and oxygen atoms in total. The van der Waals surface area contributed by atoms with Crippen molar-refractivity contribution in [2.24, 2.45) is 0 Å². The van der Waals surface area contributed by atoms with Gasteiger partial charge in [0.05, 0.1) is 38.0 Å². The molecule has 2 fully saturated rings. The van der Waals surface area contributed by atoms with Crippen LogP contribution >= 0.6 is 0 Å². The third kappa shape index (κ3) is 5.46. The van der Waals surface area contributed by atoms with Crippen molar-refractivity contribution in [1.29, 1.82) is 0 Å². The van der Waals surface area contributed by atoms with Gasteiger partial charge in [-0.2, -0.15) is 0 Å². The molecule has 3 heterocycles. The highest BCUT2D eigenvalue weighted by molar-refractivity contribution is 6.46. The predicted octanol–water partition coefficient (Wildman–Crippen LogP) is 3.56. The summed E-state index contributed by atoms with van der Waals surface area (Å²) < 4.78 is 22.8. The van der Waals surface area contributed by atoms with Gasteiger partial charge in [-0.25, -0.2) is 0 Å². The van der Waals surface area contributed by atoms with E-state index in [-0.39, 0.29) is 17.4 Å². The van der Waals surface area contributed by atoms with Crippen LogP contribution in [0.1, 0.15) is 43.5 Å². The molecule has 1 N–H and O–H groups in total. The number of aliphatic hydroxyl groups excluding tert-OH is 1. The van der Waals surface area contributed by atoms with E-state index in [9.17, 15) is 14.7 Å². The number of nitrogens with zero attached hydrogens (tertiary/aromatic N) is 2. The summed E-state index contributed by atoms with van der Waals surface area (Å²) in [6.45, 7) is 10.4. The first-order valence-electron chi connectivity index (χ1n) is 13.7. The minimum absolute atomic E-state index is 0.0454. The molecule has 0 radical (unpaired) electrons. The lowest BCUT2D eigenvalue weighted by Crippen LogP contribution is -2.42. The Bertz CT molecular complexity index is 1270. The summed E-state index contributed by atoms with van der Waals surface area (Å²) in [6.07, 6.45) is 0.758. The minimum Gasteiger partial charge on any atom is -0.507 e. The van der Waals surface area contributed by atoms with Gasteiger partial charge in [0.15, 0.2) is 11.5 Å². The number of amides is 1. The highest BCUT2D eigenvalue weighted by atomic mass is 16.5. The Labute approximate surface area is 228 Å². The molecule has 3 aliphatic rings. The minimum atomic E-state index is -0.774. The number of carbonyl (C=O) groups is 2. The van der Waals surface area contributed by atoms with Gasteiger partial charge >= 0.3 is 0 Å². The van der Waals surface area contributed by atoms with E-state index in [1.807, 2.05) is 39.0 Å². The first kappa shape index (κ1) is 27.0. The highest BCUT2D eigenvalue weighted by Gasteiger charge is 2.46. The SMILES string of the molecule is CCOc1ccc([C@H]2/C(=C(\O)c3ccc4c(c3)C[C@H](C)O4)C(=O)C(=O)N2CCN2CCOCC2)cc1OCC. The van der Waals surface area contributed by atoms with Gasteiger partial charge in [-0.3, -0.25) is 14.5 Å². The molecule has 0 aliphatic carbocycles. The highest BCUT2D eigenvalue weighted by Crippen LogP contribution is 2.42. The molecule has 9 heteroatoms. The van der Waals surface area contributed by atoms with Gasteiger partial charge in [0.2, 0.25) is 0 Å². The smallest absolute Gasteiger partial charge is 0.295 e. The quantitative estimate of drug-likeness (QED) is 0.295. The van der Waals surface area contributed by atoms with Gasteiger partial charge < -0.3 is 29.0 Å². The molecule has 0 unspecified atom stereocenters. The van der Waals surface area contributed by atoms with Crippen LogP contribution < -0.4 is 14.2 Å². The maximum Gasteiger partial charge on any atom is 0.295 e. The predicted molar refractivity (Wildman–Crippen MR) is 145 cm³/mol. The number of carbonyl (C=O) groups excluding carboxylic acids is 2. The molecule has 39 heavy (non-hydrogen) atoms. The zero-order chi connectivity index (χ0) is 27.5. The molecule has 0 spiro atoms. The maximum absolute atomic E-state index is 13.5. The second-order valence-corrected chi connectivity index (χ2v) is 9.97. The van der Waals surface area contributed by atoms with E-state index in [4.69, 9.17) is 18.9 Å². The summed E-state index contributed by atoms with van der Waals surface area (Å²) in [4.78, 5) is 30.7. The van der Waals surface area contributed by atoms with E-state index < -0.39 is 17.7 Å². The lowest BCUT2D eigenvalue weighted by atomic mass is 9.94. The normalized spacial score (nSPS) is 22.6. The van der Waals surface area contributed by atoms with Gasteiger partial charge in [-0.1, -0.05) is 6.07 Å². The maximum atomic E-state index is 13.5. The Morgan fingerprint density at radius 1 is 1.00 bits per heavy atom.